The number of rotatable bonds is 6. The summed E-state index contributed by atoms with van der Waals surface area (Å²) < 4.78 is 1.70. The number of fused-ring (bicyclic) bond motifs is 3. The minimum Gasteiger partial charge on any atom is -0.325 e. The van der Waals surface area contributed by atoms with E-state index in [1.807, 2.05) is 25.1 Å². The first-order chi connectivity index (χ1) is 15.4. The smallest absolute Gasteiger partial charge is 0.258 e. The maximum atomic E-state index is 13.6. The monoisotopic (exact) mass is 467 g/mol. The summed E-state index contributed by atoms with van der Waals surface area (Å²) in [6.07, 6.45) is 1.67. The molecule has 2 aromatic carbocycles. The predicted octanol–water partition coefficient (Wildman–Crippen LogP) is 5.54. The number of hydrogen-bond donors (Lipinski definition) is 1. The van der Waals surface area contributed by atoms with Crippen LogP contribution in [0, 0.1) is 0 Å². The molecule has 0 radical (unpaired) electrons. The van der Waals surface area contributed by atoms with E-state index in [0.29, 0.717) is 22.4 Å². The fourth-order valence-corrected chi connectivity index (χ4v) is 5.22. The second kappa shape index (κ2) is 9.12. The van der Waals surface area contributed by atoms with Crippen LogP contribution in [0.1, 0.15) is 38.3 Å². The maximum Gasteiger partial charge on any atom is 0.258 e. The van der Waals surface area contributed by atoms with Crippen molar-refractivity contribution < 1.29 is 4.79 Å². The van der Waals surface area contributed by atoms with Crippen LogP contribution in [0.4, 0.5) is 5.69 Å². The molecule has 3 aromatic rings. The highest BCUT2D eigenvalue weighted by molar-refractivity contribution is 7.99. The van der Waals surface area contributed by atoms with Crippen molar-refractivity contribution in [3.8, 4) is 11.3 Å². The van der Waals surface area contributed by atoms with E-state index in [4.69, 9.17) is 16.6 Å². The number of nitrogens with one attached hydrogen (secondary N) is 1. The first kappa shape index (κ1) is 22.6. The van der Waals surface area contributed by atoms with Crippen molar-refractivity contribution in [2.24, 2.45) is 0 Å². The standard InChI is InChI=1S/C25H26ClN3O2S/c1-4-25(3)14-16-8-6-7-9-19(16)22-21(25)23(31)29(5-2)24(28-22)32-15-20(30)27-18-12-10-17(26)11-13-18/h6-13H,4-5,14-15H2,1-3H3,(H,27,30)/t25-/m1/s1. The zero-order valence-electron chi connectivity index (χ0n) is 18.4. The Balaban J connectivity index is 1.68. The van der Waals surface area contributed by atoms with E-state index in [1.165, 1.54) is 17.3 Å². The average molecular weight is 468 g/mol. The van der Waals surface area contributed by atoms with Crippen LogP contribution in [0.2, 0.25) is 5.02 Å². The van der Waals surface area contributed by atoms with Crippen molar-refractivity contribution in [3.05, 3.63) is 75.0 Å². The molecule has 4 rings (SSSR count). The number of halogens is 1. The van der Waals surface area contributed by atoms with Crippen molar-refractivity contribution in [2.45, 2.75) is 50.7 Å². The summed E-state index contributed by atoms with van der Waals surface area (Å²) in [6, 6.07) is 15.1. The summed E-state index contributed by atoms with van der Waals surface area (Å²) in [5.41, 5.74) is 4.18. The lowest BCUT2D eigenvalue weighted by atomic mass is 9.69. The summed E-state index contributed by atoms with van der Waals surface area (Å²) in [5.74, 6) is -0.00803. The lowest BCUT2D eigenvalue weighted by molar-refractivity contribution is -0.113. The van der Waals surface area contributed by atoms with Gasteiger partial charge in [0.25, 0.3) is 5.56 Å². The Morgan fingerprint density at radius 2 is 1.91 bits per heavy atom. The molecule has 0 fully saturated rings. The first-order valence-electron chi connectivity index (χ1n) is 10.8. The number of carbonyl (C=O) groups is 1. The minimum absolute atomic E-state index is 0.00281. The zero-order chi connectivity index (χ0) is 22.9. The van der Waals surface area contributed by atoms with Crippen LogP contribution in [0.5, 0.6) is 0 Å². The number of aromatic nitrogens is 2. The molecule has 0 saturated heterocycles. The Hall–Kier alpha value is -2.57. The summed E-state index contributed by atoms with van der Waals surface area (Å²) in [7, 11) is 0. The van der Waals surface area contributed by atoms with Gasteiger partial charge in [0.1, 0.15) is 0 Å². The van der Waals surface area contributed by atoms with Gasteiger partial charge in [-0.05, 0) is 49.6 Å². The van der Waals surface area contributed by atoms with E-state index in [-0.39, 0.29) is 22.6 Å². The van der Waals surface area contributed by atoms with Gasteiger partial charge in [0.05, 0.1) is 17.0 Å². The molecule has 1 amide bonds. The molecule has 5 nitrogen and oxygen atoms in total. The summed E-state index contributed by atoms with van der Waals surface area (Å²) in [5, 5.41) is 4.04. The number of anilines is 1. The van der Waals surface area contributed by atoms with Crippen molar-refractivity contribution in [1.82, 2.24) is 9.55 Å². The van der Waals surface area contributed by atoms with Gasteiger partial charge in [-0.25, -0.2) is 4.98 Å². The molecule has 0 unspecified atom stereocenters. The third-order valence-corrected chi connectivity index (χ3v) is 7.38. The predicted molar refractivity (Wildman–Crippen MR) is 132 cm³/mol. The van der Waals surface area contributed by atoms with Gasteiger partial charge in [-0.15, -0.1) is 0 Å². The number of carbonyl (C=O) groups excluding carboxylic acids is 1. The molecule has 166 valence electrons. The molecule has 0 bridgehead atoms. The molecule has 1 aliphatic rings. The fraction of sp³-hybridized carbons (Fsp3) is 0.320. The van der Waals surface area contributed by atoms with Crippen LogP contribution in [0.15, 0.2) is 58.5 Å². The largest absolute Gasteiger partial charge is 0.325 e. The zero-order valence-corrected chi connectivity index (χ0v) is 20.0. The van der Waals surface area contributed by atoms with Gasteiger partial charge in [0.15, 0.2) is 5.16 Å². The molecule has 0 saturated carbocycles. The number of nitrogens with zero attached hydrogens (tertiary/aromatic N) is 2. The van der Waals surface area contributed by atoms with Gasteiger partial charge in [0.2, 0.25) is 5.91 Å². The van der Waals surface area contributed by atoms with Crippen LogP contribution in [0.25, 0.3) is 11.3 Å². The van der Waals surface area contributed by atoms with Gasteiger partial charge in [-0.3, -0.25) is 14.2 Å². The van der Waals surface area contributed by atoms with Crippen LogP contribution < -0.4 is 10.9 Å². The number of hydrogen-bond acceptors (Lipinski definition) is 4. The minimum atomic E-state index is -0.264. The molecule has 0 spiro atoms. The molecular weight excluding hydrogens is 442 g/mol. The van der Waals surface area contributed by atoms with E-state index >= 15 is 0 Å². The van der Waals surface area contributed by atoms with Crippen LogP contribution >= 0.6 is 23.4 Å². The lowest BCUT2D eigenvalue weighted by Crippen LogP contribution is -2.39. The van der Waals surface area contributed by atoms with Crippen molar-refractivity contribution in [3.63, 3.8) is 0 Å². The molecule has 1 N–H and O–H groups in total. The van der Waals surface area contributed by atoms with E-state index in [9.17, 15) is 9.59 Å². The average Bonchev–Trinajstić information content (AvgIpc) is 2.79. The van der Waals surface area contributed by atoms with Crippen molar-refractivity contribution in [2.75, 3.05) is 11.1 Å². The summed E-state index contributed by atoms with van der Waals surface area (Å²) in [6.45, 7) is 6.71. The number of thioether (sulfide) groups is 1. The summed E-state index contributed by atoms with van der Waals surface area (Å²) >= 11 is 7.19. The highest BCUT2D eigenvalue weighted by atomic mass is 35.5. The summed E-state index contributed by atoms with van der Waals surface area (Å²) in [4.78, 5) is 31.1. The van der Waals surface area contributed by atoms with E-state index in [2.05, 4.69) is 25.2 Å². The molecular formula is C25H26ClN3O2S. The number of benzene rings is 2. The van der Waals surface area contributed by atoms with Gasteiger partial charge in [0, 0.05) is 28.2 Å². The van der Waals surface area contributed by atoms with Gasteiger partial charge in [-0.1, -0.05) is 61.5 Å². The van der Waals surface area contributed by atoms with Gasteiger partial charge in [-0.2, -0.15) is 0 Å². The molecule has 1 heterocycles. The Morgan fingerprint density at radius 3 is 2.59 bits per heavy atom. The Bertz CT molecular complexity index is 1220. The van der Waals surface area contributed by atoms with E-state index < -0.39 is 0 Å². The highest BCUT2D eigenvalue weighted by Gasteiger charge is 2.38. The second-order valence-electron chi connectivity index (χ2n) is 8.26. The normalized spacial score (nSPS) is 16.9. The molecule has 7 heteroatoms. The van der Waals surface area contributed by atoms with Crippen LogP contribution in [-0.2, 0) is 23.2 Å². The third kappa shape index (κ3) is 4.21. The van der Waals surface area contributed by atoms with Gasteiger partial charge < -0.3 is 5.32 Å². The topological polar surface area (TPSA) is 64.0 Å². The second-order valence-corrected chi connectivity index (χ2v) is 9.64. The lowest BCUT2D eigenvalue weighted by Gasteiger charge is -2.35. The van der Waals surface area contributed by atoms with Gasteiger partial charge >= 0.3 is 0 Å². The first-order valence-corrected chi connectivity index (χ1v) is 12.1. The van der Waals surface area contributed by atoms with Crippen LogP contribution in [0.3, 0.4) is 0 Å². The van der Waals surface area contributed by atoms with E-state index in [1.54, 1.807) is 28.8 Å². The van der Waals surface area contributed by atoms with Crippen molar-refractivity contribution >= 4 is 35.0 Å². The third-order valence-electron chi connectivity index (χ3n) is 6.15. The SMILES string of the molecule is CCn1c(SCC(=O)Nc2ccc(Cl)cc2)nc2c(c1=O)[C@](C)(CC)Cc1ccccc1-2. The fourth-order valence-electron chi connectivity index (χ4n) is 4.24. The molecule has 32 heavy (non-hydrogen) atoms. The maximum absolute atomic E-state index is 13.6. The Kier molecular flexibility index (Phi) is 6.45. The Labute approximate surface area is 197 Å². The van der Waals surface area contributed by atoms with Crippen LogP contribution in [-0.4, -0.2) is 21.2 Å². The molecule has 1 aliphatic carbocycles. The number of amides is 1. The highest BCUT2D eigenvalue weighted by Crippen LogP contribution is 2.42. The van der Waals surface area contributed by atoms with E-state index in [0.717, 1.165) is 29.7 Å². The van der Waals surface area contributed by atoms with Crippen molar-refractivity contribution in [1.29, 1.82) is 0 Å². The molecule has 1 atom stereocenters. The quantitative estimate of drug-likeness (QED) is 0.382. The molecule has 0 aliphatic heterocycles. The molecule has 1 aromatic heterocycles. The Morgan fingerprint density at radius 1 is 1.19 bits per heavy atom.